The summed E-state index contributed by atoms with van der Waals surface area (Å²) in [6, 6.07) is 3.56. The molecule has 0 fully saturated rings. The fraction of sp³-hybridized carbons (Fsp3) is 0.333. The van der Waals surface area contributed by atoms with Gasteiger partial charge in [0.1, 0.15) is 5.82 Å². The van der Waals surface area contributed by atoms with E-state index in [9.17, 15) is 14.0 Å². The van der Waals surface area contributed by atoms with Gasteiger partial charge in [-0.2, -0.15) is 11.8 Å². The molecule has 1 aromatic carbocycles. The second kappa shape index (κ2) is 6.75. The Morgan fingerprint density at radius 2 is 2.17 bits per heavy atom. The average Bonchev–Trinajstić information content (AvgIpc) is 2.29. The van der Waals surface area contributed by atoms with Gasteiger partial charge in [0.25, 0.3) is 0 Å². The van der Waals surface area contributed by atoms with Crippen LogP contribution < -0.4 is 0 Å². The molecule has 3 nitrogen and oxygen atoms in total. The number of Topliss-reactive ketones (excluding diaryl/α,β-unsaturated/α-hetero) is 1. The van der Waals surface area contributed by atoms with Crippen molar-refractivity contribution in [2.24, 2.45) is 0 Å². The number of carboxylic acid groups (broad SMARTS) is 1. The molecule has 0 aromatic heterocycles. The molecule has 0 saturated carbocycles. The predicted octanol–water partition coefficient (Wildman–Crippen LogP) is 3.26. The Morgan fingerprint density at radius 1 is 1.50 bits per heavy atom. The third-order valence-corrected chi connectivity index (χ3v) is 3.73. The summed E-state index contributed by atoms with van der Waals surface area (Å²) in [5.41, 5.74) is 0.225. The molecule has 0 bridgehead atoms. The zero-order valence-corrected chi connectivity index (χ0v) is 11.2. The van der Waals surface area contributed by atoms with Crippen LogP contribution in [0, 0.1) is 5.82 Å². The topological polar surface area (TPSA) is 54.4 Å². The van der Waals surface area contributed by atoms with Gasteiger partial charge in [0.05, 0.1) is 10.3 Å². The molecule has 1 N–H and O–H groups in total. The molecule has 0 aliphatic rings. The van der Waals surface area contributed by atoms with Crippen LogP contribution in [-0.4, -0.2) is 28.4 Å². The molecule has 0 aliphatic heterocycles. The van der Waals surface area contributed by atoms with Crippen molar-refractivity contribution in [3.63, 3.8) is 0 Å². The number of benzene rings is 1. The first-order valence-corrected chi connectivity index (χ1v) is 6.86. The quantitative estimate of drug-likeness (QED) is 0.817. The minimum atomic E-state index is -0.952. The number of rotatable bonds is 6. The number of carbonyl (C=O) groups excluding carboxylic acids is 1. The molecule has 0 radical (unpaired) electrons. The van der Waals surface area contributed by atoms with E-state index in [1.54, 1.807) is 6.26 Å². The van der Waals surface area contributed by atoms with E-state index in [0.29, 0.717) is 0 Å². The maximum absolute atomic E-state index is 12.9. The molecule has 1 rings (SSSR count). The van der Waals surface area contributed by atoms with Gasteiger partial charge in [-0.25, -0.2) is 4.39 Å². The molecule has 6 heteroatoms. The lowest BCUT2D eigenvalue weighted by Gasteiger charge is -2.13. The fourth-order valence-electron chi connectivity index (χ4n) is 1.47. The van der Waals surface area contributed by atoms with Gasteiger partial charge >= 0.3 is 5.97 Å². The molecule has 98 valence electrons. The van der Waals surface area contributed by atoms with E-state index in [0.717, 1.165) is 12.1 Å². The monoisotopic (exact) mass is 290 g/mol. The highest BCUT2D eigenvalue weighted by Crippen LogP contribution is 2.24. The summed E-state index contributed by atoms with van der Waals surface area (Å²) in [6.07, 6.45) is 1.86. The Labute approximate surface area is 113 Å². The summed E-state index contributed by atoms with van der Waals surface area (Å²) in [5.74, 6) is -1.73. The van der Waals surface area contributed by atoms with Crippen LogP contribution in [0.1, 0.15) is 23.2 Å². The van der Waals surface area contributed by atoms with Crippen LogP contribution in [0.5, 0.6) is 0 Å². The lowest BCUT2D eigenvalue weighted by molar-refractivity contribution is -0.137. The number of hydrogen-bond acceptors (Lipinski definition) is 3. The number of thioether (sulfide) groups is 1. The first-order chi connectivity index (χ1) is 8.45. The van der Waals surface area contributed by atoms with Crippen molar-refractivity contribution in [1.82, 2.24) is 0 Å². The third kappa shape index (κ3) is 3.99. The molecule has 0 saturated heterocycles. The molecule has 18 heavy (non-hydrogen) atoms. The van der Waals surface area contributed by atoms with Crippen molar-refractivity contribution >= 4 is 35.1 Å². The van der Waals surface area contributed by atoms with Crippen LogP contribution in [0.3, 0.4) is 0 Å². The Morgan fingerprint density at radius 3 is 2.67 bits per heavy atom. The van der Waals surface area contributed by atoms with Gasteiger partial charge in [0.15, 0.2) is 5.78 Å². The number of ketones is 1. The van der Waals surface area contributed by atoms with Crippen LogP contribution >= 0.6 is 23.4 Å². The van der Waals surface area contributed by atoms with Crippen LogP contribution in [0.2, 0.25) is 5.02 Å². The van der Waals surface area contributed by atoms with Gasteiger partial charge in [-0.3, -0.25) is 9.59 Å². The van der Waals surface area contributed by atoms with Crippen molar-refractivity contribution in [1.29, 1.82) is 0 Å². The maximum Gasteiger partial charge on any atom is 0.303 e. The van der Waals surface area contributed by atoms with Crippen molar-refractivity contribution in [3.05, 3.63) is 34.6 Å². The Hall–Kier alpha value is -1.07. The van der Waals surface area contributed by atoms with Gasteiger partial charge in [0, 0.05) is 12.0 Å². The van der Waals surface area contributed by atoms with Crippen molar-refractivity contribution in [2.75, 3.05) is 6.26 Å². The number of carbonyl (C=O) groups is 2. The molecule has 1 unspecified atom stereocenters. The summed E-state index contributed by atoms with van der Waals surface area (Å²) in [5, 5.41) is 8.17. The van der Waals surface area contributed by atoms with Crippen LogP contribution in [-0.2, 0) is 4.79 Å². The maximum atomic E-state index is 12.9. The summed E-state index contributed by atoms with van der Waals surface area (Å²) < 4.78 is 12.9. The number of halogens is 2. The number of hydrogen-bond donors (Lipinski definition) is 1. The number of carboxylic acids is 1. The molecule has 0 heterocycles. The molecule has 0 spiro atoms. The van der Waals surface area contributed by atoms with E-state index in [1.807, 2.05) is 0 Å². The fourth-order valence-corrected chi connectivity index (χ4v) is 2.43. The van der Waals surface area contributed by atoms with E-state index in [4.69, 9.17) is 16.7 Å². The SMILES string of the molecule is CSC(CCC(=O)O)C(=O)c1ccc(F)cc1Cl. The summed E-state index contributed by atoms with van der Waals surface area (Å²) in [4.78, 5) is 22.6. The van der Waals surface area contributed by atoms with Crippen molar-refractivity contribution in [2.45, 2.75) is 18.1 Å². The zero-order valence-electron chi connectivity index (χ0n) is 9.65. The van der Waals surface area contributed by atoms with Gasteiger partial charge in [-0.15, -0.1) is 0 Å². The van der Waals surface area contributed by atoms with E-state index in [2.05, 4.69) is 0 Å². The van der Waals surface area contributed by atoms with Gasteiger partial charge < -0.3 is 5.11 Å². The Balaban J connectivity index is 2.86. The largest absolute Gasteiger partial charge is 0.481 e. The molecule has 0 amide bonds. The van der Waals surface area contributed by atoms with Crippen molar-refractivity contribution < 1.29 is 19.1 Å². The van der Waals surface area contributed by atoms with Gasteiger partial charge in [0.2, 0.25) is 0 Å². The summed E-state index contributed by atoms with van der Waals surface area (Å²) in [7, 11) is 0. The molecule has 1 aromatic rings. The summed E-state index contributed by atoms with van der Waals surface area (Å²) >= 11 is 7.06. The van der Waals surface area contributed by atoms with Crippen LogP contribution in [0.15, 0.2) is 18.2 Å². The lowest BCUT2D eigenvalue weighted by atomic mass is 10.0. The first-order valence-electron chi connectivity index (χ1n) is 5.19. The zero-order chi connectivity index (χ0) is 13.7. The molecule has 1 atom stereocenters. The van der Waals surface area contributed by atoms with E-state index >= 15 is 0 Å². The molecular weight excluding hydrogens is 279 g/mol. The van der Waals surface area contributed by atoms with Crippen molar-refractivity contribution in [3.8, 4) is 0 Å². The normalized spacial score (nSPS) is 12.2. The Kier molecular flexibility index (Phi) is 5.62. The van der Waals surface area contributed by atoms with E-state index in [1.165, 1.54) is 17.8 Å². The smallest absolute Gasteiger partial charge is 0.303 e. The summed E-state index contributed by atoms with van der Waals surface area (Å²) in [6.45, 7) is 0. The molecule has 0 aliphatic carbocycles. The highest BCUT2D eigenvalue weighted by Gasteiger charge is 2.22. The lowest BCUT2D eigenvalue weighted by Crippen LogP contribution is -2.19. The van der Waals surface area contributed by atoms with E-state index in [-0.39, 0.29) is 29.2 Å². The third-order valence-electron chi connectivity index (χ3n) is 2.39. The highest BCUT2D eigenvalue weighted by molar-refractivity contribution is 7.99. The predicted molar refractivity (Wildman–Crippen MR) is 69.9 cm³/mol. The standard InChI is InChI=1S/C12H12ClFO3S/c1-18-10(4-5-11(15)16)12(17)8-3-2-7(14)6-9(8)13/h2-3,6,10H,4-5H2,1H3,(H,15,16). The Bertz CT molecular complexity index is 465. The molecular formula is C12H12ClFO3S. The van der Waals surface area contributed by atoms with Crippen LogP contribution in [0.25, 0.3) is 0 Å². The van der Waals surface area contributed by atoms with Gasteiger partial charge in [-0.1, -0.05) is 11.6 Å². The minimum Gasteiger partial charge on any atom is -0.481 e. The average molecular weight is 291 g/mol. The minimum absolute atomic E-state index is 0.0503. The van der Waals surface area contributed by atoms with E-state index < -0.39 is 17.0 Å². The highest BCUT2D eigenvalue weighted by atomic mass is 35.5. The second-order valence-electron chi connectivity index (χ2n) is 3.65. The second-order valence-corrected chi connectivity index (χ2v) is 5.09. The van der Waals surface area contributed by atoms with Crippen LogP contribution in [0.4, 0.5) is 4.39 Å². The number of aliphatic carboxylic acids is 1. The first kappa shape index (κ1) is 15.0. The van der Waals surface area contributed by atoms with Gasteiger partial charge in [-0.05, 0) is 30.9 Å².